The molecule has 1 aromatic carbocycles. The molecule has 154 valence electrons. The van der Waals surface area contributed by atoms with Gasteiger partial charge in [-0.25, -0.2) is 4.79 Å². The molecule has 3 rings (SSSR count). The standard InChI is InChI=1S/C24H35NO3/c1-24(2,3)28-23(27)21-17-11-10-16-20(21)22(26)25(18-12-6-4-7-13-18)19-14-8-5-9-15-19/h10-11,16-19H,4-9,12-15H2,1-3H3. The van der Waals surface area contributed by atoms with Gasteiger partial charge < -0.3 is 9.64 Å². The van der Waals surface area contributed by atoms with Crippen LogP contribution in [0, 0.1) is 0 Å². The third-order valence-electron chi connectivity index (χ3n) is 5.95. The number of carbonyl (C=O) groups excluding carboxylic acids is 2. The summed E-state index contributed by atoms with van der Waals surface area (Å²) in [7, 11) is 0. The zero-order valence-electron chi connectivity index (χ0n) is 17.7. The summed E-state index contributed by atoms with van der Waals surface area (Å²) in [6.45, 7) is 5.56. The quantitative estimate of drug-likeness (QED) is 0.620. The number of esters is 1. The van der Waals surface area contributed by atoms with Crippen molar-refractivity contribution in [3.05, 3.63) is 35.4 Å². The number of amides is 1. The van der Waals surface area contributed by atoms with Crippen LogP contribution >= 0.6 is 0 Å². The van der Waals surface area contributed by atoms with Gasteiger partial charge in [-0.15, -0.1) is 0 Å². The lowest BCUT2D eigenvalue weighted by Crippen LogP contribution is -2.49. The summed E-state index contributed by atoms with van der Waals surface area (Å²) in [5.41, 5.74) is 0.298. The molecule has 0 radical (unpaired) electrons. The number of hydrogen-bond acceptors (Lipinski definition) is 3. The van der Waals surface area contributed by atoms with E-state index in [-0.39, 0.29) is 5.91 Å². The molecule has 0 unspecified atom stereocenters. The molecule has 1 aromatic rings. The Morgan fingerprint density at radius 1 is 0.821 bits per heavy atom. The molecule has 4 nitrogen and oxygen atoms in total. The first-order valence-electron chi connectivity index (χ1n) is 11.0. The van der Waals surface area contributed by atoms with Crippen molar-refractivity contribution in [1.82, 2.24) is 4.90 Å². The first-order chi connectivity index (χ1) is 13.4. The molecule has 0 atom stereocenters. The Morgan fingerprint density at radius 3 is 1.75 bits per heavy atom. The van der Waals surface area contributed by atoms with E-state index in [2.05, 4.69) is 4.90 Å². The van der Waals surface area contributed by atoms with Gasteiger partial charge in [-0.2, -0.15) is 0 Å². The van der Waals surface area contributed by atoms with Crippen LogP contribution in [0.1, 0.15) is 106 Å². The minimum atomic E-state index is -0.584. The van der Waals surface area contributed by atoms with Crippen LogP contribution in [0.2, 0.25) is 0 Å². The Labute approximate surface area is 169 Å². The van der Waals surface area contributed by atoms with E-state index in [0.717, 1.165) is 25.7 Å². The molecule has 0 N–H and O–H groups in total. The number of hydrogen-bond donors (Lipinski definition) is 0. The first kappa shape index (κ1) is 20.9. The average Bonchev–Trinajstić information content (AvgIpc) is 2.68. The Kier molecular flexibility index (Phi) is 6.79. The van der Waals surface area contributed by atoms with Gasteiger partial charge in [0.1, 0.15) is 5.60 Å². The second-order valence-corrected chi connectivity index (χ2v) is 9.34. The van der Waals surface area contributed by atoms with Crippen LogP contribution < -0.4 is 0 Å². The molecule has 2 saturated carbocycles. The van der Waals surface area contributed by atoms with Crippen LogP contribution in [0.5, 0.6) is 0 Å². The van der Waals surface area contributed by atoms with E-state index in [1.807, 2.05) is 32.9 Å². The highest BCUT2D eigenvalue weighted by Crippen LogP contribution is 2.32. The van der Waals surface area contributed by atoms with E-state index in [1.54, 1.807) is 12.1 Å². The number of nitrogens with zero attached hydrogens (tertiary/aromatic N) is 1. The van der Waals surface area contributed by atoms with Gasteiger partial charge in [-0.05, 0) is 58.6 Å². The van der Waals surface area contributed by atoms with E-state index in [0.29, 0.717) is 23.2 Å². The van der Waals surface area contributed by atoms with Crippen LogP contribution in [0.3, 0.4) is 0 Å². The molecule has 0 bridgehead atoms. The third kappa shape index (κ3) is 5.15. The summed E-state index contributed by atoms with van der Waals surface area (Å²) in [6.07, 6.45) is 11.6. The summed E-state index contributed by atoms with van der Waals surface area (Å²) in [4.78, 5) is 28.7. The Balaban J connectivity index is 1.91. The molecule has 4 heteroatoms. The molecule has 0 saturated heterocycles. The SMILES string of the molecule is CC(C)(C)OC(=O)c1ccccc1C(=O)N(C1CCCCC1)C1CCCCC1. The fourth-order valence-electron chi connectivity index (χ4n) is 4.67. The lowest BCUT2D eigenvalue weighted by Gasteiger charge is -2.42. The summed E-state index contributed by atoms with van der Waals surface area (Å²) in [6, 6.07) is 7.77. The average molecular weight is 386 g/mol. The van der Waals surface area contributed by atoms with Crippen molar-refractivity contribution in [3.63, 3.8) is 0 Å². The van der Waals surface area contributed by atoms with Gasteiger partial charge in [-0.1, -0.05) is 50.7 Å². The fourth-order valence-corrected chi connectivity index (χ4v) is 4.67. The highest BCUT2D eigenvalue weighted by Gasteiger charge is 2.35. The maximum absolute atomic E-state index is 13.8. The summed E-state index contributed by atoms with van der Waals surface area (Å²) in [5.74, 6) is -0.399. The van der Waals surface area contributed by atoms with Gasteiger partial charge in [0, 0.05) is 12.1 Å². The molecule has 28 heavy (non-hydrogen) atoms. The van der Waals surface area contributed by atoms with Crippen molar-refractivity contribution in [3.8, 4) is 0 Å². The first-order valence-corrected chi connectivity index (χ1v) is 11.0. The van der Waals surface area contributed by atoms with Crippen molar-refractivity contribution in [2.45, 2.75) is 103 Å². The van der Waals surface area contributed by atoms with E-state index in [1.165, 1.54) is 38.5 Å². The molecule has 1 amide bonds. The summed E-state index contributed by atoms with van der Waals surface area (Å²) < 4.78 is 5.58. The molecule has 0 aromatic heterocycles. The molecule has 0 aliphatic heterocycles. The molecular weight excluding hydrogens is 350 g/mol. The van der Waals surface area contributed by atoms with E-state index >= 15 is 0 Å². The minimum absolute atomic E-state index is 0.0141. The summed E-state index contributed by atoms with van der Waals surface area (Å²) >= 11 is 0. The largest absolute Gasteiger partial charge is 0.456 e. The van der Waals surface area contributed by atoms with Gasteiger partial charge in [-0.3, -0.25) is 4.79 Å². The van der Waals surface area contributed by atoms with Gasteiger partial charge in [0.25, 0.3) is 5.91 Å². The van der Waals surface area contributed by atoms with Crippen LogP contribution in [-0.2, 0) is 4.74 Å². The van der Waals surface area contributed by atoms with E-state index in [9.17, 15) is 9.59 Å². The lowest BCUT2D eigenvalue weighted by atomic mass is 9.87. The number of ether oxygens (including phenoxy) is 1. The van der Waals surface area contributed by atoms with Crippen molar-refractivity contribution in [1.29, 1.82) is 0 Å². The van der Waals surface area contributed by atoms with Gasteiger partial charge >= 0.3 is 5.97 Å². The molecular formula is C24H35NO3. The summed E-state index contributed by atoms with van der Waals surface area (Å²) in [5, 5.41) is 0. The maximum atomic E-state index is 13.8. The lowest BCUT2D eigenvalue weighted by molar-refractivity contribution is 0.00643. The maximum Gasteiger partial charge on any atom is 0.339 e. The second kappa shape index (κ2) is 9.11. The van der Waals surface area contributed by atoms with Crippen molar-refractivity contribution < 1.29 is 14.3 Å². The van der Waals surface area contributed by atoms with Gasteiger partial charge in [0.05, 0.1) is 11.1 Å². The number of rotatable bonds is 4. The molecule has 2 fully saturated rings. The zero-order valence-corrected chi connectivity index (χ0v) is 17.7. The highest BCUT2D eigenvalue weighted by atomic mass is 16.6. The van der Waals surface area contributed by atoms with Crippen LogP contribution in [0.15, 0.2) is 24.3 Å². The van der Waals surface area contributed by atoms with E-state index < -0.39 is 11.6 Å². The van der Waals surface area contributed by atoms with Crippen LogP contribution in [0.4, 0.5) is 0 Å². The Bertz CT molecular complexity index is 661. The van der Waals surface area contributed by atoms with E-state index in [4.69, 9.17) is 4.74 Å². The predicted octanol–water partition coefficient (Wildman–Crippen LogP) is 5.75. The molecule has 0 spiro atoms. The fraction of sp³-hybridized carbons (Fsp3) is 0.667. The molecule has 2 aliphatic rings. The van der Waals surface area contributed by atoms with Gasteiger partial charge in [0.2, 0.25) is 0 Å². The minimum Gasteiger partial charge on any atom is -0.456 e. The molecule has 2 aliphatic carbocycles. The Morgan fingerprint density at radius 2 is 1.29 bits per heavy atom. The Hall–Kier alpha value is -1.84. The second-order valence-electron chi connectivity index (χ2n) is 9.34. The highest BCUT2D eigenvalue weighted by molar-refractivity contribution is 6.05. The number of carbonyl (C=O) groups is 2. The van der Waals surface area contributed by atoms with Crippen LogP contribution in [0.25, 0.3) is 0 Å². The monoisotopic (exact) mass is 385 g/mol. The van der Waals surface area contributed by atoms with Crippen molar-refractivity contribution in [2.24, 2.45) is 0 Å². The van der Waals surface area contributed by atoms with Crippen LogP contribution in [-0.4, -0.2) is 34.5 Å². The normalized spacial score (nSPS) is 19.2. The zero-order chi connectivity index (χ0) is 20.1. The van der Waals surface area contributed by atoms with Gasteiger partial charge in [0.15, 0.2) is 0 Å². The smallest absolute Gasteiger partial charge is 0.339 e. The van der Waals surface area contributed by atoms with Crippen molar-refractivity contribution in [2.75, 3.05) is 0 Å². The number of benzene rings is 1. The third-order valence-corrected chi connectivity index (χ3v) is 5.95. The predicted molar refractivity (Wildman–Crippen MR) is 112 cm³/mol. The topological polar surface area (TPSA) is 46.6 Å². The van der Waals surface area contributed by atoms with Crippen molar-refractivity contribution >= 4 is 11.9 Å². The molecule has 0 heterocycles.